The van der Waals surface area contributed by atoms with Crippen molar-refractivity contribution in [2.75, 3.05) is 0 Å². The Morgan fingerprint density at radius 2 is 0.978 bits per heavy atom. The van der Waals surface area contributed by atoms with E-state index in [4.69, 9.17) is 9.47 Å². The summed E-state index contributed by atoms with van der Waals surface area (Å²) < 4.78 is 12.1. The number of hydrogen-bond acceptors (Lipinski definition) is 4. The fourth-order valence-electron chi connectivity index (χ4n) is 8.11. The summed E-state index contributed by atoms with van der Waals surface area (Å²) in [6, 6.07) is 12.9. The number of carbonyl (C=O) groups is 2. The Bertz CT molecular complexity index is 1150. The minimum Gasteiger partial charge on any atom is -0.455 e. The molecule has 2 fully saturated rings. The van der Waals surface area contributed by atoms with E-state index in [9.17, 15) is 9.59 Å². The highest BCUT2D eigenvalue weighted by Crippen LogP contribution is 2.39. The predicted molar refractivity (Wildman–Crippen MR) is 190 cm³/mol. The Kier molecular flexibility index (Phi) is 14.2. The lowest BCUT2D eigenvalue weighted by Gasteiger charge is -2.28. The molecule has 0 aliphatic heterocycles. The molecule has 254 valence electrons. The van der Waals surface area contributed by atoms with Crippen LogP contribution < -0.4 is 0 Å². The molecular formula is C42H62O4. The highest BCUT2D eigenvalue weighted by Gasteiger charge is 2.29. The zero-order valence-corrected chi connectivity index (χ0v) is 29.9. The fourth-order valence-corrected chi connectivity index (χ4v) is 8.11. The average Bonchev–Trinajstić information content (AvgIpc) is 3.09. The first-order valence-electron chi connectivity index (χ1n) is 19.0. The molecule has 2 aromatic rings. The third kappa shape index (κ3) is 9.26. The van der Waals surface area contributed by atoms with Crippen LogP contribution in [0.15, 0.2) is 36.4 Å². The van der Waals surface area contributed by atoms with Gasteiger partial charge < -0.3 is 9.47 Å². The third-order valence-corrected chi connectivity index (χ3v) is 11.1. The van der Waals surface area contributed by atoms with Crippen LogP contribution in [-0.4, -0.2) is 24.1 Å². The number of carbonyl (C=O) groups excluding carboxylic acids is 2. The van der Waals surface area contributed by atoms with Gasteiger partial charge in [0.15, 0.2) is 0 Å². The van der Waals surface area contributed by atoms with Gasteiger partial charge in [0.1, 0.15) is 12.2 Å². The molecule has 2 saturated carbocycles. The Morgan fingerprint density at radius 3 is 1.30 bits per heavy atom. The van der Waals surface area contributed by atoms with E-state index in [1.165, 1.54) is 49.7 Å². The largest absolute Gasteiger partial charge is 0.455 e. The van der Waals surface area contributed by atoms with Crippen molar-refractivity contribution in [3.05, 3.63) is 69.8 Å². The topological polar surface area (TPSA) is 52.6 Å². The van der Waals surface area contributed by atoms with Gasteiger partial charge in [-0.1, -0.05) is 103 Å². The van der Waals surface area contributed by atoms with Crippen LogP contribution in [0.1, 0.15) is 211 Å². The Labute approximate surface area is 280 Å². The zero-order valence-electron chi connectivity index (χ0n) is 29.9. The van der Waals surface area contributed by atoms with Gasteiger partial charge in [0.05, 0.1) is 11.1 Å². The summed E-state index contributed by atoms with van der Waals surface area (Å²) >= 11 is 0. The van der Waals surface area contributed by atoms with Crippen molar-refractivity contribution in [1.82, 2.24) is 0 Å². The molecule has 0 heterocycles. The van der Waals surface area contributed by atoms with E-state index in [1.54, 1.807) is 0 Å². The van der Waals surface area contributed by atoms with Crippen LogP contribution in [0.25, 0.3) is 0 Å². The van der Waals surface area contributed by atoms with Gasteiger partial charge in [-0.2, -0.15) is 0 Å². The van der Waals surface area contributed by atoms with E-state index < -0.39 is 12.2 Å². The maximum atomic E-state index is 13.7. The summed E-state index contributed by atoms with van der Waals surface area (Å²) in [5.41, 5.74) is 6.35. The molecule has 2 aliphatic carbocycles. The van der Waals surface area contributed by atoms with E-state index in [1.807, 2.05) is 26.0 Å². The monoisotopic (exact) mass is 630 g/mol. The van der Waals surface area contributed by atoms with Gasteiger partial charge in [-0.15, -0.1) is 0 Å². The van der Waals surface area contributed by atoms with Crippen LogP contribution >= 0.6 is 0 Å². The number of rotatable bonds is 15. The molecule has 4 nitrogen and oxygen atoms in total. The Morgan fingerprint density at radius 1 is 0.609 bits per heavy atom. The molecule has 0 aromatic heterocycles. The van der Waals surface area contributed by atoms with E-state index >= 15 is 0 Å². The fraction of sp³-hybridized carbons (Fsp3) is 0.667. The van der Waals surface area contributed by atoms with E-state index in [-0.39, 0.29) is 11.9 Å². The van der Waals surface area contributed by atoms with Crippen molar-refractivity contribution in [3.63, 3.8) is 0 Å². The molecule has 4 heteroatoms. The molecule has 0 saturated heterocycles. The smallest absolute Gasteiger partial charge is 0.338 e. The van der Waals surface area contributed by atoms with Crippen molar-refractivity contribution >= 4 is 11.9 Å². The molecule has 0 N–H and O–H groups in total. The lowest BCUT2D eigenvalue weighted by Crippen LogP contribution is -2.31. The summed E-state index contributed by atoms with van der Waals surface area (Å²) in [5, 5.41) is 0. The van der Waals surface area contributed by atoms with Crippen molar-refractivity contribution < 1.29 is 19.1 Å². The first-order chi connectivity index (χ1) is 22.3. The first-order valence-corrected chi connectivity index (χ1v) is 19.0. The highest BCUT2D eigenvalue weighted by molar-refractivity contribution is 5.92. The van der Waals surface area contributed by atoms with Gasteiger partial charge in [-0.25, -0.2) is 9.59 Å². The number of benzene rings is 2. The van der Waals surface area contributed by atoms with Gasteiger partial charge in [-0.05, 0) is 123 Å². The lowest BCUT2D eigenvalue weighted by molar-refractivity contribution is -0.0241. The average molecular weight is 631 g/mol. The van der Waals surface area contributed by atoms with Crippen LogP contribution in [0.5, 0.6) is 0 Å². The van der Waals surface area contributed by atoms with Crippen LogP contribution in [0.4, 0.5) is 0 Å². The molecule has 0 bridgehead atoms. The van der Waals surface area contributed by atoms with Crippen molar-refractivity contribution in [2.24, 2.45) is 0 Å². The minimum atomic E-state index is -0.565. The van der Waals surface area contributed by atoms with Gasteiger partial charge in [-0.3, -0.25) is 0 Å². The van der Waals surface area contributed by atoms with Crippen LogP contribution in [0.3, 0.4) is 0 Å². The lowest BCUT2D eigenvalue weighted by atomic mass is 9.80. The molecular weight excluding hydrogens is 568 g/mol. The predicted octanol–water partition coefficient (Wildman–Crippen LogP) is 12.2. The quantitative estimate of drug-likeness (QED) is 0.184. The van der Waals surface area contributed by atoms with Crippen molar-refractivity contribution in [3.8, 4) is 0 Å². The van der Waals surface area contributed by atoms with Crippen molar-refractivity contribution in [2.45, 2.75) is 180 Å². The van der Waals surface area contributed by atoms with E-state index in [0.29, 0.717) is 34.8 Å². The molecule has 2 aromatic carbocycles. The maximum Gasteiger partial charge on any atom is 0.338 e. The van der Waals surface area contributed by atoms with E-state index in [0.717, 1.165) is 75.3 Å². The summed E-state index contributed by atoms with van der Waals surface area (Å²) in [5.74, 6) is 1.21. The van der Waals surface area contributed by atoms with Gasteiger partial charge in [0, 0.05) is 0 Å². The third-order valence-electron chi connectivity index (χ3n) is 11.1. The molecule has 0 amide bonds. The number of ether oxygens (including phenoxy) is 2. The number of hydrogen-bond donors (Lipinski definition) is 0. The van der Waals surface area contributed by atoms with Gasteiger partial charge in [0.2, 0.25) is 0 Å². The second-order valence-corrected chi connectivity index (χ2v) is 14.4. The molecule has 4 rings (SSSR count). The van der Waals surface area contributed by atoms with Crippen LogP contribution in [-0.2, 0) is 9.47 Å². The van der Waals surface area contributed by atoms with Crippen LogP contribution in [0.2, 0.25) is 0 Å². The Balaban J connectivity index is 1.51. The summed E-state index contributed by atoms with van der Waals surface area (Å²) in [6.45, 7) is 12.7. The summed E-state index contributed by atoms with van der Waals surface area (Å²) in [7, 11) is 0. The van der Waals surface area contributed by atoms with Gasteiger partial charge >= 0.3 is 11.9 Å². The Hall–Kier alpha value is -2.62. The van der Waals surface area contributed by atoms with Crippen molar-refractivity contribution in [1.29, 1.82) is 0 Å². The summed E-state index contributed by atoms with van der Waals surface area (Å²) in [6.07, 6.45) is 17.6. The molecule has 4 unspecified atom stereocenters. The van der Waals surface area contributed by atoms with Gasteiger partial charge in [0.25, 0.3) is 0 Å². The summed E-state index contributed by atoms with van der Waals surface area (Å²) in [4.78, 5) is 27.5. The van der Waals surface area contributed by atoms with E-state index in [2.05, 4.69) is 52.0 Å². The molecule has 4 atom stereocenters. The first kappa shape index (κ1) is 36.2. The molecule has 46 heavy (non-hydrogen) atoms. The zero-order chi connectivity index (χ0) is 33.1. The highest BCUT2D eigenvalue weighted by atomic mass is 16.6. The number of esters is 2. The second-order valence-electron chi connectivity index (χ2n) is 14.4. The molecule has 2 aliphatic rings. The molecule has 0 radical (unpaired) electrons. The normalized spacial score (nSPS) is 18.8. The SMILES string of the molecule is CCCC(CC)c1ccc(C(=O)OC(C)C(C)OC(=O)c2ccc(C(CC)CCC)cc2C2CCCCC2)c(C2CCCCC2)c1. The van der Waals surface area contributed by atoms with Crippen LogP contribution in [0, 0.1) is 0 Å². The maximum absolute atomic E-state index is 13.7. The minimum absolute atomic E-state index is 0.306. The standard InChI is InChI=1S/C42H62O4/c1-7-17-31(9-3)35-23-25-37(39(27-35)33-19-13-11-14-20-33)41(43)45-29(5)30(6)46-42(44)38-26-24-36(32(10-4)18-8-2)28-40(38)34-21-15-12-16-22-34/h23-34H,7-22H2,1-6H3. The molecule has 0 spiro atoms. The second kappa shape index (κ2) is 18.1.